The Balaban J connectivity index is 1.40. The predicted molar refractivity (Wildman–Crippen MR) is 104 cm³/mol. The van der Waals surface area contributed by atoms with Crippen LogP contribution in [0, 0.1) is 5.92 Å². The number of benzene rings is 1. The summed E-state index contributed by atoms with van der Waals surface area (Å²) in [6.07, 6.45) is -3.44. The van der Waals surface area contributed by atoms with Gasteiger partial charge in [0.15, 0.2) is 5.65 Å². The fourth-order valence-electron chi connectivity index (χ4n) is 3.65. The number of piperidine rings is 1. The lowest BCUT2D eigenvalue weighted by atomic mass is 9.95. The number of fused-ring (bicyclic) bond motifs is 1. The molecule has 0 radical (unpaired) electrons. The van der Waals surface area contributed by atoms with Gasteiger partial charge < -0.3 is 10.2 Å². The van der Waals surface area contributed by atoms with E-state index in [0.29, 0.717) is 31.7 Å². The van der Waals surface area contributed by atoms with Crippen molar-refractivity contribution in [2.45, 2.75) is 32.0 Å². The molecule has 3 aromatic rings. The summed E-state index contributed by atoms with van der Waals surface area (Å²) < 4.78 is 39.9. The van der Waals surface area contributed by atoms with Crippen molar-refractivity contribution in [3.63, 3.8) is 0 Å². The van der Waals surface area contributed by atoms with E-state index in [1.165, 1.54) is 6.07 Å². The molecule has 1 unspecified atom stereocenters. The molecule has 1 fully saturated rings. The van der Waals surface area contributed by atoms with Crippen LogP contribution >= 0.6 is 0 Å². The molecule has 1 amide bonds. The summed E-state index contributed by atoms with van der Waals surface area (Å²) in [4.78, 5) is 14.5. The van der Waals surface area contributed by atoms with Crippen LogP contribution in [-0.4, -0.2) is 38.8 Å². The molecule has 10 heteroatoms. The molecule has 0 bridgehead atoms. The minimum Gasteiger partial charge on any atom is -0.355 e. The fraction of sp³-hybridized carbons (Fsp3) is 0.400. The number of aromatic nitrogens is 4. The Morgan fingerprint density at radius 3 is 2.47 bits per heavy atom. The van der Waals surface area contributed by atoms with Crippen molar-refractivity contribution in [3.05, 3.63) is 53.9 Å². The number of amides is 1. The van der Waals surface area contributed by atoms with Crippen LogP contribution in [0.25, 0.3) is 5.65 Å². The second-order valence-electron chi connectivity index (χ2n) is 7.39. The third kappa shape index (κ3) is 4.07. The molecule has 1 N–H and O–H groups in total. The fourth-order valence-corrected chi connectivity index (χ4v) is 3.65. The molecule has 1 aliphatic heterocycles. The van der Waals surface area contributed by atoms with E-state index in [4.69, 9.17) is 0 Å². The second-order valence-corrected chi connectivity index (χ2v) is 7.39. The lowest BCUT2D eigenvalue weighted by Crippen LogP contribution is -2.41. The molecule has 0 spiro atoms. The number of halogens is 3. The van der Waals surface area contributed by atoms with Crippen LogP contribution in [0.3, 0.4) is 0 Å². The molecule has 0 saturated carbocycles. The Bertz CT molecular complexity index is 1030. The monoisotopic (exact) mass is 418 g/mol. The number of alkyl halides is 3. The number of anilines is 1. The van der Waals surface area contributed by atoms with E-state index in [1.54, 1.807) is 6.07 Å². The Hall–Kier alpha value is -3.17. The molecule has 2 aromatic heterocycles. The largest absolute Gasteiger partial charge is 0.453 e. The summed E-state index contributed by atoms with van der Waals surface area (Å²) in [5, 5.41) is 13.8. The molecule has 7 nitrogen and oxygen atoms in total. The highest BCUT2D eigenvalue weighted by molar-refractivity contribution is 5.79. The maximum atomic E-state index is 13.1. The van der Waals surface area contributed by atoms with Gasteiger partial charge in [-0.1, -0.05) is 30.3 Å². The van der Waals surface area contributed by atoms with Crippen molar-refractivity contribution < 1.29 is 18.0 Å². The van der Waals surface area contributed by atoms with Crippen LogP contribution in [0.5, 0.6) is 0 Å². The van der Waals surface area contributed by atoms with Gasteiger partial charge in [0.2, 0.25) is 5.91 Å². The molecule has 1 aliphatic rings. The number of rotatable bonds is 4. The Morgan fingerprint density at radius 1 is 1.10 bits per heavy atom. The minimum absolute atomic E-state index is 0.00687. The molecule has 1 atom stereocenters. The Morgan fingerprint density at radius 2 is 1.80 bits per heavy atom. The number of nitrogens with zero attached hydrogens (tertiary/aromatic N) is 5. The summed E-state index contributed by atoms with van der Waals surface area (Å²) in [5.41, 5.74) is 1.07. The van der Waals surface area contributed by atoms with Crippen LogP contribution < -0.4 is 10.2 Å². The van der Waals surface area contributed by atoms with Crippen LogP contribution in [0.4, 0.5) is 19.0 Å². The van der Waals surface area contributed by atoms with Gasteiger partial charge in [0.25, 0.3) is 5.82 Å². The van der Waals surface area contributed by atoms with Crippen LogP contribution in [0.2, 0.25) is 0 Å². The molecule has 0 aliphatic carbocycles. The quantitative estimate of drug-likeness (QED) is 0.704. The first kappa shape index (κ1) is 20.1. The predicted octanol–water partition coefficient (Wildman–Crippen LogP) is 3.24. The van der Waals surface area contributed by atoms with E-state index in [0.717, 1.165) is 10.1 Å². The first-order valence-corrected chi connectivity index (χ1v) is 9.73. The van der Waals surface area contributed by atoms with Crippen molar-refractivity contribution in [2.24, 2.45) is 5.92 Å². The summed E-state index contributed by atoms with van der Waals surface area (Å²) in [6.45, 7) is 3.00. The highest BCUT2D eigenvalue weighted by Crippen LogP contribution is 2.29. The number of carbonyl (C=O) groups is 1. The number of hydrogen-bond acceptors (Lipinski definition) is 5. The van der Waals surface area contributed by atoms with Crippen molar-refractivity contribution >= 4 is 17.4 Å². The van der Waals surface area contributed by atoms with Gasteiger partial charge in [0, 0.05) is 19.0 Å². The highest BCUT2D eigenvalue weighted by Gasteiger charge is 2.38. The second kappa shape index (κ2) is 7.92. The zero-order chi connectivity index (χ0) is 21.3. The zero-order valence-corrected chi connectivity index (χ0v) is 16.3. The van der Waals surface area contributed by atoms with Gasteiger partial charge >= 0.3 is 6.18 Å². The van der Waals surface area contributed by atoms with Gasteiger partial charge in [0.1, 0.15) is 5.82 Å². The molecule has 158 valence electrons. The SMILES string of the molecule is CC(NC(=O)C1CCN(c2ccc3nnc(C(F)(F)F)n3n2)CC1)c1ccccc1. The first-order valence-electron chi connectivity index (χ1n) is 9.73. The average Bonchev–Trinajstić information content (AvgIpc) is 3.18. The van der Waals surface area contributed by atoms with Gasteiger partial charge in [-0.3, -0.25) is 4.79 Å². The van der Waals surface area contributed by atoms with Crippen molar-refractivity contribution in [3.8, 4) is 0 Å². The third-order valence-corrected chi connectivity index (χ3v) is 5.35. The van der Waals surface area contributed by atoms with Gasteiger partial charge in [0.05, 0.1) is 6.04 Å². The Labute approximate surface area is 170 Å². The molecular weight excluding hydrogens is 397 g/mol. The molecule has 4 rings (SSSR count). The van der Waals surface area contributed by atoms with E-state index in [2.05, 4.69) is 20.6 Å². The van der Waals surface area contributed by atoms with Gasteiger partial charge in [-0.05, 0) is 37.5 Å². The topological polar surface area (TPSA) is 75.4 Å². The van der Waals surface area contributed by atoms with Crippen LogP contribution in [-0.2, 0) is 11.0 Å². The van der Waals surface area contributed by atoms with Crippen molar-refractivity contribution in [1.82, 2.24) is 25.1 Å². The van der Waals surface area contributed by atoms with Gasteiger partial charge in [-0.25, -0.2) is 0 Å². The summed E-state index contributed by atoms with van der Waals surface area (Å²) in [5.74, 6) is -0.891. The summed E-state index contributed by atoms with van der Waals surface area (Å²) in [7, 11) is 0. The maximum absolute atomic E-state index is 13.1. The van der Waals surface area contributed by atoms with Crippen LogP contribution in [0.15, 0.2) is 42.5 Å². The zero-order valence-electron chi connectivity index (χ0n) is 16.3. The van der Waals surface area contributed by atoms with Crippen molar-refractivity contribution in [1.29, 1.82) is 0 Å². The lowest BCUT2D eigenvalue weighted by Gasteiger charge is -2.32. The average molecular weight is 418 g/mol. The van der Waals surface area contributed by atoms with E-state index >= 15 is 0 Å². The van der Waals surface area contributed by atoms with E-state index in [9.17, 15) is 18.0 Å². The van der Waals surface area contributed by atoms with Crippen molar-refractivity contribution in [2.75, 3.05) is 18.0 Å². The molecule has 1 saturated heterocycles. The summed E-state index contributed by atoms with van der Waals surface area (Å²) >= 11 is 0. The maximum Gasteiger partial charge on any atom is 0.453 e. The molecule has 1 aromatic carbocycles. The highest BCUT2D eigenvalue weighted by atomic mass is 19.4. The standard InChI is InChI=1S/C20H21F3N6O/c1-13(14-5-3-2-4-6-14)24-18(30)15-9-11-28(12-10-15)17-8-7-16-25-26-19(20(21,22)23)29(16)27-17/h2-8,13,15H,9-12H2,1H3,(H,24,30). The third-order valence-electron chi connectivity index (χ3n) is 5.35. The first-order chi connectivity index (χ1) is 14.3. The van der Waals surface area contributed by atoms with E-state index in [1.807, 2.05) is 42.2 Å². The number of hydrogen-bond donors (Lipinski definition) is 1. The smallest absolute Gasteiger partial charge is 0.355 e. The summed E-state index contributed by atoms with van der Waals surface area (Å²) in [6, 6.07) is 12.7. The molecule has 30 heavy (non-hydrogen) atoms. The Kier molecular flexibility index (Phi) is 5.31. The number of carbonyl (C=O) groups excluding carboxylic acids is 1. The van der Waals surface area contributed by atoms with E-state index in [-0.39, 0.29) is 23.5 Å². The van der Waals surface area contributed by atoms with Crippen LogP contribution in [0.1, 0.15) is 37.2 Å². The van der Waals surface area contributed by atoms with E-state index < -0.39 is 12.0 Å². The molecule has 3 heterocycles. The molecular formula is C20H21F3N6O. The van der Waals surface area contributed by atoms with Gasteiger partial charge in [-0.2, -0.15) is 17.7 Å². The van der Waals surface area contributed by atoms with Gasteiger partial charge in [-0.15, -0.1) is 15.3 Å². The minimum atomic E-state index is -4.63. The normalized spacial score (nSPS) is 16.6. The lowest BCUT2D eigenvalue weighted by molar-refractivity contribution is -0.146. The number of nitrogens with one attached hydrogen (secondary N) is 1.